The number of amides is 3. The van der Waals surface area contributed by atoms with Crippen LogP contribution in [0.1, 0.15) is 25.8 Å². The van der Waals surface area contributed by atoms with Gasteiger partial charge in [0.2, 0.25) is 5.79 Å². The van der Waals surface area contributed by atoms with E-state index in [0.717, 1.165) is 49.7 Å². The number of anilines is 3. The summed E-state index contributed by atoms with van der Waals surface area (Å²) in [5, 5.41) is 1.01. The van der Waals surface area contributed by atoms with E-state index in [2.05, 4.69) is 26.9 Å². The maximum atomic E-state index is 12.9. The van der Waals surface area contributed by atoms with Crippen molar-refractivity contribution in [2.24, 2.45) is 0 Å². The summed E-state index contributed by atoms with van der Waals surface area (Å²) >= 11 is 12.8. The van der Waals surface area contributed by atoms with Crippen molar-refractivity contribution in [3.8, 4) is 5.75 Å². The minimum atomic E-state index is -1.11. The molecule has 3 aromatic carbocycles. The van der Waals surface area contributed by atoms with Crippen LogP contribution in [0, 0.1) is 0 Å². The fourth-order valence-electron chi connectivity index (χ4n) is 6.83. The first-order valence-corrected chi connectivity index (χ1v) is 17.7. The number of piperazine rings is 1. The van der Waals surface area contributed by atoms with E-state index in [4.69, 9.17) is 37.4 Å². The van der Waals surface area contributed by atoms with Gasteiger partial charge < -0.3 is 33.5 Å². The van der Waals surface area contributed by atoms with E-state index in [9.17, 15) is 9.59 Å². The molecule has 7 rings (SSSR count). The van der Waals surface area contributed by atoms with Crippen LogP contribution in [0.3, 0.4) is 0 Å². The van der Waals surface area contributed by atoms with Crippen molar-refractivity contribution in [2.45, 2.75) is 44.7 Å². The monoisotopic (exact) mass is 718 g/mol. The van der Waals surface area contributed by atoms with Crippen molar-refractivity contribution in [3.63, 3.8) is 0 Å². The zero-order chi connectivity index (χ0) is 34.8. The number of ether oxygens (including phenoxy) is 3. The second-order valence-corrected chi connectivity index (χ2v) is 13.6. The van der Waals surface area contributed by atoms with Crippen LogP contribution in [-0.2, 0) is 26.6 Å². The lowest BCUT2D eigenvalue weighted by atomic mass is 10.1. The van der Waals surface area contributed by atoms with Crippen molar-refractivity contribution < 1.29 is 23.8 Å². The number of benzene rings is 3. The van der Waals surface area contributed by atoms with Crippen LogP contribution in [-0.4, -0.2) is 84.5 Å². The number of imidazole rings is 1. The molecule has 50 heavy (non-hydrogen) atoms. The lowest BCUT2D eigenvalue weighted by molar-refractivity contribution is -0.189. The minimum absolute atomic E-state index is 0.176. The summed E-state index contributed by atoms with van der Waals surface area (Å²) in [5.41, 5.74) is 3.51. The lowest BCUT2D eigenvalue weighted by Gasteiger charge is -2.37. The number of hydrogen-bond acceptors (Lipinski definition) is 8. The Bertz CT molecular complexity index is 1800. The van der Waals surface area contributed by atoms with Crippen LogP contribution >= 0.6 is 23.2 Å². The summed E-state index contributed by atoms with van der Waals surface area (Å²) in [7, 11) is 0. The third kappa shape index (κ3) is 6.87. The van der Waals surface area contributed by atoms with E-state index in [0.29, 0.717) is 47.6 Å². The quantitative estimate of drug-likeness (QED) is 0.164. The average Bonchev–Trinajstić information content (AvgIpc) is 3.84. The third-order valence-corrected chi connectivity index (χ3v) is 10.0. The summed E-state index contributed by atoms with van der Waals surface area (Å²) in [4.78, 5) is 37.5. The van der Waals surface area contributed by atoms with Crippen LogP contribution < -0.4 is 19.4 Å². The summed E-state index contributed by atoms with van der Waals surface area (Å²) in [6.07, 6.45) is 5.77. The molecule has 0 aliphatic carbocycles. The molecule has 0 radical (unpaired) electrons. The van der Waals surface area contributed by atoms with Gasteiger partial charge >= 0.3 is 6.03 Å². The normalized spacial score (nSPS) is 22.6. The van der Waals surface area contributed by atoms with Gasteiger partial charge in [-0.05, 0) is 74.0 Å². The molecule has 0 saturated carbocycles. The molecule has 3 atom stereocenters. The van der Waals surface area contributed by atoms with Gasteiger partial charge in [0.25, 0.3) is 5.91 Å². The average molecular weight is 720 g/mol. The molecule has 13 heteroatoms. The smallest absolute Gasteiger partial charge is 0.332 e. The summed E-state index contributed by atoms with van der Waals surface area (Å²) < 4.78 is 20.8. The maximum absolute atomic E-state index is 12.9. The molecule has 0 bridgehead atoms. The van der Waals surface area contributed by atoms with E-state index >= 15 is 0 Å². The van der Waals surface area contributed by atoms with Crippen molar-refractivity contribution in [3.05, 3.63) is 101 Å². The van der Waals surface area contributed by atoms with Gasteiger partial charge in [-0.2, -0.15) is 0 Å². The Kier molecular flexibility index (Phi) is 9.92. The SMILES string of the molecule is CCCN1C(=O)N(c2ccc(N3CCN(c4ccc(OCC5COC(Cn6ccnc6)(c6ccc(Cl)cc6Cl)O5)cc4)CC3)cc2)C(=O)C1C. The van der Waals surface area contributed by atoms with Crippen molar-refractivity contribution in [1.29, 1.82) is 0 Å². The molecule has 262 valence electrons. The van der Waals surface area contributed by atoms with Gasteiger partial charge in [-0.25, -0.2) is 14.7 Å². The van der Waals surface area contributed by atoms with E-state index in [-0.39, 0.29) is 18.0 Å². The Labute approximate surface area is 301 Å². The molecule has 11 nitrogen and oxygen atoms in total. The zero-order valence-corrected chi connectivity index (χ0v) is 29.6. The minimum Gasteiger partial charge on any atom is -0.491 e. The number of rotatable bonds is 11. The molecule has 3 unspecified atom stereocenters. The van der Waals surface area contributed by atoms with E-state index in [1.165, 1.54) is 4.90 Å². The lowest BCUT2D eigenvalue weighted by Crippen LogP contribution is -2.46. The fourth-order valence-corrected chi connectivity index (χ4v) is 7.38. The highest BCUT2D eigenvalue weighted by Crippen LogP contribution is 2.41. The molecule has 0 spiro atoms. The Hall–Kier alpha value is -4.29. The largest absolute Gasteiger partial charge is 0.491 e. The maximum Gasteiger partial charge on any atom is 0.332 e. The predicted molar refractivity (Wildman–Crippen MR) is 193 cm³/mol. The Balaban J connectivity index is 0.919. The molecule has 0 N–H and O–H groups in total. The Morgan fingerprint density at radius 1 is 0.920 bits per heavy atom. The van der Waals surface area contributed by atoms with Crippen LogP contribution in [0.5, 0.6) is 5.75 Å². The van der Waals surface area contributed by atoms with E-state index in [1.807, 2.05) is 60.2 Å². The predicted octanol–water partition coefficient (Wildman–Crippen LogP) is 6.43. The van der Waals surface area contributed by atoms with Gasteiger partial charge in [0.05, 0.1) is 30.2 Å². The van der Waals surface area contributed by atoms with E-state index in [1.54, 1.807) is 36.5 Å². The Morgan fingerprint density at radius 2 is 1.58 bits per heavy atom. The van der Waals surface area contributed by atoms with Gasteiger partial charge in [-0.15, -0.1) is 0 Å². The van der Waals surface area contributed by atoms with Gasteiger partial charge in [0.1, 0.15) is 24.5 Å². The fraction of sp³-hybridized carbons (Fsp3) is 0.378. The molecule has 3 saturated heterocycles. The second-order valence-electron chi connectivity index (χ2n) is 12.8. The first-order valence-electron chi connectivity index (χ1n) is 16.9. The van der Waals surface area contributed by atoms with Crippen molar-refractivity contribution in [1.82, 2.24) is 14.5 Å². The number of carbonyl (C=O) groups excluding carboxylic acids is 2. The number of urea groups is 1. The molecule has 3 amide bonds. The molecular weight excluding hydrogens is 679 g/mol. The first kappa shape index (κ1) is 34.2. The summed E-state index contributed by atoms with van der Waals surface area (Å²) in [5.74, 6) is -0.536. The second kappa shape index (κ2) is 14.5. The highest BCUT2D eigenvalue weighted by molar-refractivity contribution is 6.35. The zero-order valence-electron chi connectivity index (χ0n) is 28.1. The van der Waals surface area contributed by atoms with Gasteiger partial charge in [-0.3, -0.25) is 4.79 Å². The number of halogens is 2. The summed E-state index contributed by atoms with van der Waals surface area (Å²) in [6.45, 7) is 8.79. The topological polar surface area (TPSA) is 92.6 Å². The van der Waals surface area contributed by atoms with Crippen molar-refractivity contribution in [2.75, 3.05) is 60.6 Å². The van der Waals surface area contributed by atoms with Gasteiger partial charge in [0, 0.05) is 67.1 Å². The molecule has 3 fully saturated rings. The highest BCUT2D eigenvalue weighted by atomic mass is 35.5. The number of nitrogens with zero attached hydrogens (tertiary/aromatic N) is 6. The van der Waals surface area contributed by atoms with Crippen LogP contribution in [0.25, 0.3) is 0 Å². The molecule has 1 aromatic heterocycles. The van der Waals surface area contributed by atoms with Crippen LogP contribution in [0.4, 0.5) is 21.9 Å². The van der Waals surface area contributed by atoms with Gasteiger partial charge in [-0.1, -0.05) is 36.2 Å². The molecule has 4 aromatic rings. The molecule has 4 heterocycles. The Morgan fingerprint density at radius 3 is 2.20 bits per heavy atom. The molecular formula is C37H40Cl2N6O5. The van der Waals surface area contributed by atoms with Gasteiger partial charge in [0.15, 0.2) is 0 Å². The van der Waals surface area contributed by atoms with Crippen LogP contribution in [0.2, 0.25) is 10.0 Å². The summed E-state index contributed by atoms with van der Waals surface area (Å²) in [6, 6.07) is 20.5. The number of imide groups is 1. The third-order valence-electron chi connectivity index (χ3n) is 9.49. The van der Waals surface area contributed by atoms with Crippen LogP contribution in [0.15, 0.2) is 85.5 Å². The number of hydrogen-bond donors (Lipinski definition) is 0. The van der Waals surface area contributed by atoms with Crippen molar-refractivity contribution >= 4 is 52.2 Å². The number of carbonyl (C=O) groups is 2. The standard InChI is InChI=1S/C37H40Cl2N6O5/c1-3-15-44-26(2)35(46)45(36(44)47)30-7-5-28(6-8-30)42-17-19-43(20-18-42)29-9-11-31(12-10-29)48-22-32-23-49-37(50-32,24-41-16-14-40-25-41)33-13-4-27(38)21-34(33)39/h4-14,16,21,25-26,32H,3,15,17-20,22-24H2,1-2H3. The molecule has 3 aliphatic rings. The van der Waals surface area contributed by atoms with E-state index < -0.39 is 11.8 Å². The molecule has 3 aliphatic heterocycles. The highest BCUT2D eigenvalue weighted by Gasteiger charge is 2.45. The first-order chi connectivity index (χ1) is 24.2. The number of aromatic nitrogens is 2.